The highest BCUT2D eigenvalue weighted by atomic mass is 16.5. The number of likely N-dealkylation sites (N-methyl/N-ethyl adjacent to an activating group) is 1. The number of pyridine rings is 1. The first-order valence-electron chi connectivity index (χ1n) is 8.03. The lowest BCUT2D eigenvalue weighted by Gasteiger charge is -2.35. The van der Waals surface area contributed by atoms with Crippen LogP contribution in [-0.2, 0) is 11.3 Å². The van der Waals surface area contributed by atoms with Gasteiger partial charge in [0.15, 0.2) is 0 Å². The summed E-state index contributed by atoms with van der Waals surface area (Å²) in [6.45, 7) is 7.35. The summed E-state index contributed by atoms with van der Waals surface area (Å²) < 4.78 is 6.04. The molecule has 0 N–H and O–H groups in total. The molecule has 3 rings (SSSR count). The number of hydrogen-bond acceptors (Lipinski definition) is 4. The van der Waals surface area contributed by atoms with E-state index in [1.807, 2.05) is 0 Å². The molecule has 0 radical (unpaired) electrons. The van der Waals surface area contributed by atoms with Gasteiger partial charge in [-0.1, -0.05) is 6.07 Å². The van der Waals surface area contributed by atoms with Gasteiger partial charge < -0.3 is 9.64 Å². The molecule has 2 fully saturated rings. The van der Waals surface area contributed by atoms with Crippen LogP contribution in [0.5, 0.6) is 0 Å². The SMILES string of the molecule is Cc1cccc(CN2CC[C@H]3[C@H](CO[C@H]3CN(C)C)C2)n1. The van der Waals surface area contributed by atoms with Crippen molar-refractivity contribution in [2.75, 3.05) is 40.3 Å². The Morgan fingerprint density at radius 1 is 1.38 bits per heavy atom. The predicted octanol–water partition coefficient (Wildman–Crippen LogP) is 1.79. The van der Waals surface area contributed by atoms with Crippen LogP contribution in [0.4, 0.5) is 0 Å². The lowest BCUT2D eigenvalue weighted by Crippen LogP contribution is -2.42. The van der Waals surface area contributed by atoms with E-state index in [2.05, 4.69) is 54.0 Å². The van der Waals surface area contributed by atoms with E-state index >= 15 is 0 Å². The molecule has 116 valence electrons. The standard InChI is InChI=1S/C17H27N3O/c1-13-5-4-6-15(18-13)10-20-8-7-16-14(9-20)12-21-17(16)11-19(2)3/h4-6,14,16-17H,7-12H2,1-3H3/t14-,16-,17-/m0/s1. The van der Waals surface area contributed by atoms with Gasteiger partial charge >= 0.3 is 0 Å². The fraction of sp³-hybridized carbons (Fsp3) is 0.706. The number of fused-ring (bicyclic) bond motifs is 1. The van der Waals surface area contributed by atoms with Gasteiger partial charge in [-0.2, -0.15) is 0 Å². The second-order valence-electron chi connectivity index (χ2n) is 6.85. The number of likely N-dealkylation sites (tertiary alicyclic amines) is 1. The Morgan fingerprint density at radius 2 is 2.24 bits per heavy atom. The quantitative estimate of drug-likeness (QED) is 0.845. The fourth-order valence-electron chi connectivity index (χ4n) is 3.77. The maximum atomic E-state index is 6.04. The zero-order valence-corrected chi connectivity index (χ0v) is 13.5. The monoisotopic (exact) mass is 289 g/mol. The Labute approximate surface area is 128 Å². The van der Waals surface area contributed by atoms with E-state index in [1.165, 1.54) is 18.7 Å². The topological polar surface area (TPSA) is 28.6 Å². The van der Waals surface area contributed by atoms with E-state index in [1.54, 1.807) is 0 Å². The van der Waals surface area contributed by atoms with Crippen molar-refractivity contribution in [3.63, 3.8) is 0 Å². The van der Waals surface area contributed by atoms with Gasteiger partial charge in [0.1, 0.15) is 0 Å². The molecule has 3 atom stereocenters. The minimum atomic E-state index is 0.434. The van der Waals surface area contributed by atoms with Crippen molar-refractivity contribution < 1.29 is 4.74 Å². The summed E-state index contributed by atoms with van der Waals surface area (Å²) in [5.74, 6) is 1.45. The normalized spacial score (nSPS) is 29.8. The Hall–Kier alpha value is -0.970. The summed E-state index contributed by atoms with van der Waals surface area (Å²) in [6.07, 6.45) is 1.69. The molecule has 0 bridgehead atoms. The van der Waals surface area contributed by atoms with Crippen LogP contribution in [0, 0.1) is 18.8 Å². The molecule has 1 aromatic heterocycles. The molecule has 21 heavy (non-hydrogen) atoms. The fourth-order valence-corrected chi connectivity index (χ4v) is 3.77. The van der Waals surface area contributed by atoms with Crippen molar-refractivity contribution in [2.45, 2.75) is 26.0 Å². The summed E-state index contributed by atoms with van der Waals surface area (Å²) in [6, 6.07) is 6.31. The molecule has 0 unspecified atom stereocenters. The Morgan fingerprint density at radius 3 is 3.00 bits per heavy atom. The Kier molecular flexibility index (Phi) is 4.57. The number of nitrogens with zero attached hydrogens (tertiary/aromatic N) is 3. The average molecular weight is 289 g/mol. The maximum absolute atomic E-state index is 6.04. The summed E-state index contributed by atoms with van der Waals surface area (Å²) in [5.41, 5.74) is 2.30. The first kappa shape index (κ1) is 14.9. The molecule has 4 heteroatoms. The van der Waals surface area contributed by atoms with Crippen molar-refractivity contribution in [2.24, 2.45) is 11.8 Å². The smallest absolute Gasteiger partial charge is 0.0734 e. The Balaban J connectivity index is 1.56. The molecule has 4 nitrogen and oxygen atoms in total. The number of hydrogen-bond donors (Lipinski definition) is 0. The van der Waals surface area contributed by atoms with Crippen molar-refractivity contribution in [3.05, 3.63) is 29.6 Å². The van der Waals surface area contributed by atoms with Crippen LogP contribution in [-0.4, -0.2) is 61.2 Å². The van der Waals surface area contributed by atoms with Gasteiger partial charge in [0.05, 0.1) is 18.4 Å². The molecule has 0 aliphatic carbocycles. The molecule has 2 aliphatic rings. The highest BCUT2D eigenvalue weighted by molar-refractivity contribution is 5.10. The van der Waals surface area contributed by atoms with Gasteiger partial charge in [-0.05, 0) is 52.0 Å². The maximum Gasteiger partial charge on any atom is 0.0734 e. The third kappa shape index (κ3) is 3.62. The molecule has 0 saturated carbocycles. The van der Waals surface area contributed by atoms with Crippen LogP contribution in [0.3, 0.4) is 0 Å². The molecule has 2 aliphatic heterocycles. The van der Waals surface area contributed by atoms with Crippen LogP contribution in [0.25, 0.3) is 0 Å². The molecular formula is C17H27N3O. The van der Waals surface area contributed by atoms with Crippen LogP contribution in [0.15, 0.2) is 18.2 Å². The van der Waals surface area contributed by atoms with E-state index in [0.29, 0.717) is 12.0 Å². The molecule has 2 saturated heterocycles. The molecule has 3 heterocycles. The van der Waals surface area contributed by atoms with Crippen molar-refractivity contribution >= 4 is 0 Å². The second kappa shape index (κ2) is 6.42. The zero-order chi connectivity index (χ0) is 14.8. The Bertz CT molecular complexity index is 477. The zero-order valence-electron chi connectivity index (χ0n) is 13.5. The average Bonchev–Trinajstić information content (AvgIpc) is 2.81. The van der Waals surface area contributed by atoms with E-state index in [0.717, 1.165) is 37.9 Å². The van der Waals surface area contributed by atoms with E-state index in [9.17, 15) is 0 Å². The lowest BCUT2D eigenvalue weighted by atomic mass is 9.84. The number of aromatic nitrogens is 1. The van der Waals surface area contributed by atoms with E-state index in [-0.39, 0.29) is 0 Å². The number of piperidine rings is 1. The predicted molar refractivity (Wildman–Crippen MR) is 84.1 cm³/mol. The lowest BCUT2D eigenvalue weighted by molar-refractivity contribution is 0.0625. The van der Waals surface area contributed by atoms with Crippen molar-refractivity contribution in [3.8, 4) is 0 Å². The molecule has 0 aromatic carbocycles. The highest BCUT2D eigenvalue weighted by Gasteiger charge is 2.40. The van der Waals surface area contributed by atoms with E-state index < -0.39 is 0 Å². The summed E-state index contributed by atoms with van der Waals surface area (Å²) in [4.78, 5) is 9.42. The number of ether oxygens (including phenoxy) is 1. The molecule has 0 spiro atoms. The van der Waals surface area contributed by atoms with Gasteiger partial charge in [0.2, 0.25) is 0 Å². The molecule has 1 aromatic rings. The van der Waals surface area contributed by atoms with Gasteiger partial charge in [0.25, 0.3) is 0 Å². The summed E-state index contributed by atoms with van der Waals surface area (Å²) in [7, 11) is 4.27. The summed E-state index contributed by atoms with van der Waals surface area (Å²) >= 11 is 0. The summed E-state index contributed by atoms with van der Waals surface area (Å²) in [5, 5.41) is 0. The first-order valence-corrected chi connectivity index (χ1v) is 8.03. The number of aryl methyl sites for hydroxylation is 1. The van der Waals surface area contributed by atoms with Gasteiger partial charge in [-0.3, -0.25) is 9.88 Å². The largest absolute Gasteiger partial charge is 0.376 e. The van der Waals surface area contributed by atoms with Gasteiger partial charge in [-0.15, -0.1) is 0 Å². The molecule has 0 amide bonds. The van der Waals surface area contributed by atoms with Crippen molar-refractivity contribution in [1.29, 1.82) is 0 Å². The third-order valence-electron chi connectivity index (χ3n) is 4.76. The molecular weight excluding hydrogens is 262 g/mol. The first-order chi connectivity index (χ1) is 10.1. The van der Waals surface area contributed by atoms with Gasteiger partial charge in [0, 0.05) is 31.2 Å². The minimum absolute atomic E-state index is 0.434. The van der Waals surface area contributed by atoms with Crippen LogP contribution >= 0.6 is 0 Å². The van der Waals surface area contributed by atoms with Gasteiger partial charge in [-0.25, -0.2) is 0 Å². The minimum Gasteiger partial charge on any atom is -0.376 e. The van der Waals surface area contributed by atoms with Crippen molar-refractivity contribution in [1.82, 2.24) is 14.8 Å². The van der Waals surface area contributed by atoms with E-state index in [4.69, 9.17) is 4.74 Å². The van der Waals surface area contributed by atoms with Crippen LogP contribution in [0.1, 0.15) is 17.8 Å². The number of rotatable bonds is 4. The van der Waals surface area contributed by atoms with Crippen LogP contribution < -0.4 is 0 Å². The third-order valence-corrected chi connectivity index (χ3v) is 4.76. The second-order valence-corrected chi connectivity index (χ2v) is 6.85. The highest BCUT2D eigenvalue weighted by Crippen LogP contribution is 2.34. The van der Waals surface area contributed by atoms with Crippen LogP contribution in [0.2, 0.25) is 0 Å².